The summed E-state index contributed by atoms with van der Waals surface area (Å²) in [5.74, 6) is -2.17. The second kappa shape index (κ2) is 6.85. The van der Waals surface area contributed by atoms with Gasteiger partial charge in [0.25, 0.3) is 5.91 Å². The Kier molecular flexibility index (Phi) is 4.49. The van der Waals surface area contributed by atoms with Crippen molar-refractivity contribution < 1.29 is 18.8 Å². The zero-order valence-electron chi connectivity index (χ0n) is 14.7. The van der Waals surface area contributed by atoms with Crippen molar-refractivity contribution in [3.8, 4) is 0 Å². The molecule has 28 heavy (non-hydrogen) atoms. The Morgan fingerprint density at radius 3 is 2.68 bits per heavy atom. The van der Waals surface area contributed by atoms with Gasteiger partial charge in [-0.25, -0.2) is 18.8 Å². The fourth-order valence-electron chi connectivity index (χ4n) is 3.27. The van der Waals surface area contributed by atoms with Gasteiger partial charge < -0.3 is 4.57 Å². The maximum Gasteiger partial charge on any atom is 0.295 e. The summed E-state index contributed by atoms with van der Waals surface area (Å²) in [5, 5.41) is 11.1. The minimum Gasteiger partial charge on any atom is -0.334 e. The van der Waals surface area contributed by atoms with Crippen molar-refractivity contribution in [2.45, 2.75) is 6.54 Å². The van der Waals surface area contributed by atoms with Crippen LogP contribution in [0.15, 0.2) is 48.7 Å². The van der Waals surface area contributed by atoms with E-state index in [0.29, 0.717) is 16.0 Å². The number of hydrogen-bond donors (Lipinski definition) is 1. The van der Waals surface area contributed by atoms with Crippen molar-refractivity contribution in [1.29, 1.82) is 0 Å². The number of benzene rings is 2. The van der Waals surface area contributed by atoms with Gasteiger partial charge in [-0.1, -0.05) is 29.8 Å². The Labute approximate surface area is 163 Å². The van der Waals surface area contributed by atoms with E-state index < -0.39 is 17.5 Å². The van der Waals surface area contributed by atoms with Crippen molar-refractivity contribution in [2.75, 3.05) is 7.05 Å². The van der Waals surface area contributed by atoms with E-state index in [1.165, 1.54) is 19.3 Å². The van der Waals surface area contributed by atoms with E-state index in [2.05, 4.69) is 4.98 Å². The molecule has 0 unspecified atom stereocenters. The molecule has 5 nitrogen and oxygen atoms in total. The fourth-order valence-corrected chi connectivity index (χ4v) is 3.45. The summed E-state index contributed by atoms with van der Waals surface area (Å²) in [6.45, 7) is -0.100. The molecule has 4 rings (SSSR count). The molecule has 1 amide bonds. The van der Waals surface area contributed by atoms with Crippen LogP contribution in [0.5, 0.6) is 0 Å². The van der Waals surface area contributed by atoms with Crippen LogP contribution in [0.1, 0.15) is 16.1 Å². The molecule has 0 saturated carbocycles. The van der Waals surface area contributed by atoms with Crippen LogP contribution in [0.2, 0.25) is 5.02 Å². The highest BCUT2D eigenvalue weighted by Crippen LogP contribution is 2.31. The molecule has 0 radical (unpaired) electrons. The third-order valence-electron chi connectivity index (χ3n) is 4.63. The van der Waals surface area contributed by atoms with Gasteiger partial charge in [0, 0.05) is 28.9 Å². The van der Waals surface area contributed by atoms with E-state index in [4.69, 9.17) is 11.6 Å². The number of aromatic nitrogens is 2. The third kappa shape index (κ3) is 2.89. The second-order valence-electron chi connectivity index (χ2n) is 6.34. The first-order valence-electron chi connectivity index (χ1n) is 8.34. The van der Waals surface area contributed by atoms with Crippen LogP contribution in [0, 0.1) is 11.6 Å². The van der Waals surface area contributed by atoms with Gasteiger partial charge in [0.05, 0.1) is 23.3 Å². The van der Waals surface area contributed by atoms with Crippen molar-refractivity contribution in [3.05, 3.63) is 76.6 Å². The first-order valence-corrected chi connectivity index (χ1v) is 8.72. The zero-order chi connectivity index (χ0) is 20.0. The molecule has 2 aromatic carbocycles. The topological polar surface area (TPSA) is 58.4 Å². The SMILES string of the molecule is CN(O)C(=O)c1cc2c3ccccc3n(Cc3c(F)ccc(Cl)c3F)c2cn1. The number of carbonyl (C=O) groups excluding carboxylic acids is 1. The smallest absolute Gasteiger partial charge is 0.295 e. The van der Waals surface area contributed by atoms with Gasteiger partial charge in [-0.15, -0.1) is 0 Å². The summed E-state index contributed by atoms with van der Waals surface area (Å²) < 4.78 is 30.4. The number of rotatable bonds is 3. The minimum absolute atomic E-state index is 0.0560. The minimum atomic E-state index is -0.811. The molecule has 0 fully saturated rings. The number of hydroxylamine groups is 2. The number of halogens is 3. The average molecular weight is 402 g/mol. The molecule has 142 valence electrons. The maximum atomic E-state index is 14.4. The number of nitrogens with zero attached hydrogens (tertiary/aromatic N) is 3. The van der Waals surface area contributed by atoms with Gasteiger partial charge in [0.15, 0.2) is 0 Å². The zero-order valence-corrected chi connectivity index (χ0v) is 15.4. The van der Waals surface area contributed by atoms with E-state index in [1.54, 1.807) is 10.6 Å². The Balaban J connectivity index is 1.96. The van der Waals surface area contributed by atoms with Crippen molar-refractivity contribution in [1.82, 2.24) is 14.6 Å². The Hall–Kier alpha value is -3.03. The number of amides is 1. The molecule has 0 aliphatic carbocycles. The lowest BCUT2D eigenvalue weighted by Crippen LogP contribution is -2.23. The van der Waals surface area contributed by atoms with Crippen molar-refractivity contribution in [3.63, 3.8) is 0 Å². The Morgan fingerprint density at radius 2 is 1.93 bits per heavy atom. The third-order valence-corrected chi connectivity index (χ3v) is 4.92. The molecule has 1 N–H and O–H groups in total. The first kappa shape index (κ1) is 18.3. The van der Waals surface area contributed by atoms with E-state index >= 15 is 0 Å². The number of carbonyl (C=O) groups is 1. The van der Waals surface area contributed by atoms with Gasteiger partial charge in [-0.2, -0.15) is 0 Å². The van der Waals surface area contributed by atoms with E-state index in [1.807, 2.05) is 24.3 Å². The molecule has 0 aliphatic heterocycles. The molecule has 4 aromatic rings. The predicted molar refractivity (Wildman–Crippen MR) is 102 cm³/mol. The van der Waals surface area contributed by atoms with Crippen LogP contribution in [0.4, 0.5) is 8.78 Å². The predicted octanol–water partition coefficient (Wildman–Crippen LogP) is 4.63. The molecule has 8 heteroatoms. The van der Waals surface area contributed by atoms with Gasteiger partial charge in [-0.3, -0.25) is 10.0 Å². The molecule has 2 heterocycles. The molecule has 0 saturated heterocycles. The lowest BCUT2D eigenvalue weighted by atomic mass is 10.1. The summed E-state index contributed by atoms with van der Waals surface area (Å²) in [6, 6.07) is 11.1. The first-order chi connectivity index (χ1) is 13.4. The Morgan fingerprint density at radius 1 is 1.18 bits per heavy atom. The van der Waals surface area contributed by atoms with Crippen LogP contribution in [-0.4, -0.2) is 32.8 Å². The van der Waals surface area contributed by atoms with E-state index in [9.17, 15) is 18.8 Å². The van der Waals surface area contributed by atoms with Crippen LogP contribution in [0.3, 0.4) is 0 Å². The number of para-hydroxylation sites is 1. The highest BCUT2D eigenvalue weighted by Gasteiger charge is 2.19. The lowest BCUT2D eigenvalue weighted by molar-refractivity contribution is -0.0379. The molecule has 2 aromatic heterocycles. The normalized spacial score (nSPS) is 11.3. The number of fused-ring (bicyclic) bond motifs is 3. The summed E-state index contributed by atoms with van der Waals surface area (Å²) in [6.07, 6.45) is 1.45. The van der Waals surface area contributed by atoms with Crippen LogP contribution in [-0.2, 0) is 6.54 Å². The largest absolute Gasteiger partial charge is 0.334 e. The summed E-state index contributed by atoms with van der Waals surface area (Å²) in [4.78, 5) is 16.1. The van der Waals surface area contributed by atoms with E-state index in [-0.39, 0.29) is 22.8 Å². The maximum absolute atomic E-state index is 14.4. The van der Waals surface area contributed by atoms with Gasteiger partial charge in [-0.05, 0) is 24.3 Å². The van der Waals surface area contributed by atoms with Gasteiger partial charge in [0.1, 0.15) is 17.3 Å². The van der Waals surface area contributed by atoms with E-state index in [0.717, 1.165) is 17.0 Å². The van der Waals surface area contributed by atoms with Crippen LogP contribution < -0.4 is 0 Å². The molecular weight excluding hydrogens is 388 g/mol. The number of hydrogen-bond acceptors (Lipinski definition) is 3. The molecular formula is C20H14ClF2N3O2. The summed E-state index contributed by atoms with van der Waals surface area (Å²) in [5.41, 5.74) is 1.21. The highest BCUT2D eigenvalue weighted by molar-refractivity contribution is 6.30. The fraction of sp³-hybridized carbons (Fsp3) is 0.100. The molecule has 0 atom stereocenters. The average Bonchev–Trinajstić information content (AvgIpc) is 3.00. The summed E-state index contributed by atoms with van der Waals surface area (Å²) in [7, 11) is 1.21. The molecule has 0 spiro atoms. The quantitative estimate of drug-likeness (QED) is 0.309. The van der Waals surface area contributed by atoms with Crippen molar-refractivity contribution >= 4 is 39.3 Å². The lowest BCUT2D eigenvalue weighted by Gasteiger charge is -2.11. The van der Waals surface area contributed by atoms with Gasteiger partial charge >= 0.3 is 0 Å². The van der Waals surface area contributed by atoms with Crippen LogP contribution in [0.25, 0.3) is 21.8 Å². The highest BCUT2D eigenvalue weighted by atomic mass is 35.5. The number of pyridine rings is 1. The summed E-state index contributed by atoms with van der Waals surface area (Å²) >= 11 is 5.82. The standard InChI is InChI=1S/C20H14ClF2N3O2/c1-25(28)20(27)16-8-12-11-4-2-3-5-17(11)26(18(12)9-24-16)10-13-15(22)7-6-14(21)19(13)23/h2-9,28H,10H2,1H3. The van der Waals surface area contributed by atoms with Crippen molar-refractivity contribution in [2.24, 2.45) is 0 Å². The Bertz CT molecular complexity index is 1240. The van der Waals surface area contributed by atoms with Crippen LogP contribution >= 0.6 is 11.6 Å². The second-order valence-corrected chi connectivity index (χ2v) is 6.75. The van der Waals surface area contributed by atoms with Gasteiger partial charge in [0.2, 0.25) is 0 Å². The monoisotopic (exact) mass is 401 g/mol. The molecule has 0 bridgehead atoms. The molecule has 0 aliphatic rings.